The summed E-state index contributed by atoms with van der Waals surface area (Å²) in [6.45, 7) is 5.90. The van der Waals surface area contributed by atoms with Crippen molar-refractivity contribution < 1.29 is 14.9 Å². The molecule has 0 saturated heterocycles. The Balaban J connectivity index is 2.27. The van der Waals surface area contributed by atoms with Gasteiger partial charge in [0.1, 0.15) is 5.75 Å². The van der Waals surface area contributed by atoms with E-state index in [9.17, 15) is 10.2 Å². The normalized spacial score (nSPS) is 13.9. The second-order valence-electron chi connectivity index (χ2n) is 5.72. The van der Waals surface area contributed by atoms with Gasteiger partial charge in [-0.05, 0) is 45.2 Å². The lowest BCUT2D eigenvalue weighted by Crippen LogP contribution is -2.46. The predicted octanol–water partition coefficient (Wildman–Crippen LogP) is 2.48. The molecule has 0 amide bonds. The van der Waals surface area contributed by atoms with Gasteiger partial charge >= 0.3 is 0 Å². The maximum absolute atomic E-state index is 9.49. The molecule has 0 heterocycles. The third-order valence-corrected chi connectivity index (χ3v) is 3.67. The summed E-state index contributed by atoms with van der Waals surface area (Å²) < 4.78 is 5.71. The van der Waals surface area contributed by atoms with Gasteiger partial charge in [0.2, 0.25) is 0 Å². The molecule has 1 rings (SSSR count). The average Bonchev–Trinajstić information content (AvgIpc) is 2.53. The summed E-state index contributed by atoms with van der Waals surface area (Å²) in [5.41, 5.74) is 0.626. The number of nitrogens with one attached hydrogen (secondary N) is 1. The summed E-state index contributed by atoms with van der Waals surface area (Å²) in [4.78, 5) is 0. The van der Waals surface area contributed by atoms with Gasteiger partial charge < -0.3 is 20.3 Å². The molecule has 1 unspecified atom stereocenters. The van der Waals surface area contributed by atoms with Gasteiger partial charge in [-0.25, -0.2) is 0 Å². The van der Waals surface area contributed by atoms with E-state index < -0.39 is 0 Å². The van der Waals surface area contributed by atoms with Gasteiger partial charge in [-0.2, -0.15) is 0 Å². The van der Waals surface area contributed by atoms with Crippen LogP contribution in [-0.2, 0) is 6.61 Å². The fourth-order valence-corrected chi connectivity index (χ4v) is 2.22. The molecule has 1 aromatic rings. The molecule has 0 aliphatic rings. The van der Waals surface area contributed by atoms with Crippen LogP contribution >= 0.6 is 0 Å². The second kappa shape index (κ2) is 9.77. The summed E-state index contributed by atoms with van der Waals surface area (Å²) >= 11 is 0. The molecule has 0 aromatic heterocycles. The highest BCUT2D eigenvalue weighted by Crippen LogP contribution is 2.19. The van der Waals surface area contributed by atoms with E-state index in [1.165, 1.54) is 0 Å². The van der Waals surface area contributed by atoms with Crippen LogP contribution in [0.4, 0.5) is 0 Å². The van der Waals surface area contributed by atoms with Crippen LogP contribution in [0.25, 0.3) is 0 Å². The Morgan fingerprint density at radius 1 is 1.19 bits per heavy atom. The minimum absolute atomic E-state index is 0.000303. The Morgan fingerprint density at radius 2 is 1.95 bits per heavy atom. The van der Waals surface area contributed by atoms with Crippen LogP contribution < -0.4 is 10.1 Å². The Labute approximate surface area is 128 Å². The highest BCUT2D eigenvalue weighted by Gasteiger charge is 2.21. The van der Waals surface area contributed by atoms with Gasteiger partial charge in [0.05, 0.1) is 19.8 Å². The van der Waals surface area contributed by atoms with Crippen LogP contribution in [0.2, 0.25) is 0 Å². The zero-order valence-electron chi connectivity index (χ0n) is 13.3. The van der Waals surface area contributed by atoms with E-state index in [1.807, 2.05) is 24.3 Å². The van der Waals surface area contributed by atoms with E-state index in [-0.39, 0.29) is 18.8 Å². The van der Waals surface area contributed by atoms with E-state index in [2.05, 4.69) is 19.2 Å². The monoisotopic (exact) mass is 295 g/mol. The molecule has 0 fully saturated rings. The lowest BCUT2D eigenvalue weighted by Gasteiger charge is -2.28. The molecule has 0 bridgehead atoms. The van der Waals surface area contributed by atoms with Crippen molar-refractivity contribution in [2.24, 2.45) is 0 Å². The average molecular weight is 295 g/mol. The van der Waals surface area contributed by atoms with Gasteiger partial charge in [-0.15, -0.1) is 0 Å². The van der Waals surface area contributed by atoms with Gasteiger partial charge in [-0.3, -0.25) is 0 Å². The van der Waals surface area contributed by atoms with Crippen molar-refractivity contribution in [3.05, 3.63) is 29.8 Å². The minimum Gasteiger partial charge on any atom is -0.493 e. The highest BCUT2D eigenvalue weighted by molar-refractivity contribution is 5.32. The van der Waals surface area contributed by atoms with Crippen LogP contribution in [-0.4, -0.2) is 35.5 Å². The number of hydrogen-bond acceptors (Lipinski definition) is 4. The molecule has 120 valence electrons. The van der Waals surface area contributed by atoms with E-state index in [0.29, 0.717) is 6.61 Å². The number of rotatable bonds is 11. The Morgan fingerprint density at radius 3 is 2.62 bits per heavy atom. The van der Waals surface area contributed by atoms with Crippen LogP contribution in [0.15, 0.2) is 24.3 Å². The fourth-order valence-electron chi connectivity index (χ4n) is 2.22. The summed E-state index contributed by atoms with van der Waals surface area (Å²) in [6, 6.07) is 7.55. The molecule has 1 aromatic carbocycles. The number of aliphatic hydroxyl groups is 2. The predicted molar refractivity (Wildman–Crippen MR) is 85.5 cm³/mol. The number of unbranched alkanes of at least 4 members (excludes halogenated alkanes) is 1. The molecule has 1 atom stereocenters. The summed E-state index contributed by atoms with van der Waals surface area (Å²) in [6.07, 6.45) is 3.92. The van der Waals surface area contributed by atoms with Crippen LogP contribution in [0.5, 0.6) is 5.75 Å². The first-order chi connectivity index (χ1) is 10.1. The van der Waals surface area contributed by atoms with Crippen molar-refractivity contribution in [2.45, 2.75) is 51.7 Å². The van der Waals surface area contributed by atoms with E-state index in [4.69, 9.17) is 4.74 Å². The van der Waals surface area contributed by atoms with E-state index in [0.717, 1.165) is 43.5 Å². The quantitative estimate of drug-likeness (QED) is 0.549. The molecule has 0 spiro atoms. The third kappa shape index (κ3) is 6.46. The van der Waals surface area contributed by atoms with Gasteiger partial charge in [0.15, 0.2) is 0 Å². The second-order valence-corrected chi connectivity index (χ2v) is 5.72. The maximum atomic E-state index is 9.49. The summed E-state index contributed by atoms with van der Waals surface area (Å²) in [7, 11) is 0. The number of para-hydroxylation sites is 1. The summed E-state index contributed by atoms with van der Waals surface area (Å²) in [5, 5.41) is 22.1. The fraction of sp³-hybridized carbons (Fsp3) is 0.647. The summed E-state index contributed by atoms with van der Waals surface area (Å²) in [5.74, 6) is 0.758. The number of benzene rings is 1. The first-order valence-corrected chi connectivity index (χ1v) is 7.82. The molecule has 0 aliphatic heterocycles. The lowest BCUT2D eigenvalue weighted by atomic mass is 9.95. The standard InChI is InChI=1S/C17H29NO3/c1-3-11-18-17(2,14-20)10-6-7-12-21-16-9-5-4-8-15(16)13-19/h4-5,8-9,18-20H,3,6-7,10-14H2,1-2H3. The Kier molecular flexibility index (Phi) is 8.35. The van der Waals surface area contributed by atoms with Crippen molar-refractivity contribution in [1.82, 2.24) is 5.32 Å². The van der Waals surface area contributed by atoms with Gasteiger partial charge in [0.25, 0.3) is 0 Å². The topological polar surface area (TPSA) is 61.7 Å². The molecular formula is C17H29NO3. The zero-order chi connectivity index (χ0) is 15.6. The third-order valence-electron chi connectivity index (χ3n) is 3.67. The molecule has 0 radical (unpaired) electrons. The first-order valence-electron chi connectivity index (χ1n) is 7.82. The van der Waals surface area contributed by atoms with Crippen molar-refractivity contribution >= 4 is 0 Å². The van der Waals surface area contributed by atoms with E-state index >= 15 is 0 Å². The molecule has 21 heavy (non-hydrogen) atoms. The number of hydrogen-bond donors (Lipinski definition) is 3. The van der Waals surface area contributed by atoms with Crippen molar-refractivity contribution in [3.8, 4) is 5.75 Å². The van der Waals surface area contributed by atoms with Crippen molar-refractivity contribution in [1.29, 1.82) is 0 Å². The smallest absolute Gasteiger partial charge is 0.124 e. The van der Waals surface area contributed by atoms with Gasteiger partial charge in [-0.1, -0.05) is 25.1 Å². The Bertz CT molecular complexity index is 397. The maximum Gasteiger partial charge on any atom is 0.124 e. The van der Waals surface area contributed by atoms with Crippen LogP contribution in [0.1, 0.15) is 45.1 Å². The first kappa shape index (κ1) is 18.0. The molecular weight excluding hydrogens is 266 g/mol. The van der Waals surface area contributed by atoms with Gasteiger partial charge in [0, 0.05) is 11.1 Å². The molecule has 0 aliphatic carbocycles. The van der Waals surface area contributed by atoms with E-state index in [1.54, 1.807) is 0 Å². The Hall–Kier alpha value is -1.10. The molecule has 0 saturated carbocycles. The molecule has 4 heteroatoms. The largest absolute Gasteiger partial charge is 0.493 e. The SMILES string of the molecule is CCCNC(C)(CO)CCCCOc1ccccc1CO. The molecule has 3 N–H and O–H groups in total. The zero-order valence-corrected chi connectivity index (χ0v) is 13.3. The molecule has 4 nitrogen and oxygen atoms in total. The number of ether oxygens (including phenoxy) is 1. The number of aliphatic hydroxyl groups excluding tert-OH is 2. The van der Waals surface area contributed by atoms with Crippen LogP contribution in [0, 0.1) is 0 Å². The minimum atomic E-state index is -0.195. The highest BCUT2D eigenvalue weighted by atomic mass is 16.5. The lowest BCUT2D eigenvalue weighted by molar-refractivity contribution is 0.160. The van der Waals surface area contributed by atoms with Crippen LogP contribution in [0.3, 0.4) is 0 Å². The van der Waals surface area contributed by atoms with Crippen molar-refractivity contribution in [3.63, 3.8) is 0 Å². The van der Waals surface area contributed by atoms with Crippen molar-refractivity contribution in [2.75, 3.05) is 19.8 Å².